The molecule has 0 radical (unpaired) electrons. The van der Waals surface area contributed by atoms with Gasteiger partial charge in [-0.05, 0) is 24.5 Å². The van der Waals surface area contributed by atoms with E-state index in [-0.39, 0.29) is 5.41 Å². The maximum absolute atomic E-state index is 6.45. The SMILES string of the molecule is COc1cc(Cl)c(C2(CN)CCCCC2)cc1OC. The molecule has 0 aliphatic heterocycles. The second kappa shape index (κ2) is 6.02. The fourth-order valence-corrected chi connectivity index (χ4v) is 3.43. The van der Waals surface area contributed by atoms with Crippen molar-refractivity contribution in [2.24, 2.45) is 5.73 Å². The van der Waals surface area contributed by atoms with Crippen LogP contribution in [0.5, 0.6) is 11.5 Å². The molecule has 2 N–H and O–H groups in total. The normalized spacial score (nSPS) is 18.1. The molecule has 4 heteroatoms. The summed E-state index contributed by atoms with van der Waals surface area (Å²) in [6.07, 6.45) is 5.90. The van der Waals surface area contributed by atoms with Gasteiger partial charge in [-0.3, -0.25) is 0 Å². The molecule has 0 aromatic heterocycles. The van der Waals surface area contributed by atoms with Crippen LogP contribution in [0.2, 0.25) is 5.02 Å². The van der Waals surface area contributed by atoms with E-state index < -0.39 is 0 Å². The molecule has 3 nitrogen and oxygen atoms in total. The molecule has 1 aliphatic carbocycles. The standard InChI is InChI=1S/C15H22ClNO2/c1-18-13-8-11(12(16)9-14(13)19-2)15(10-17)6-4-3-5-7-15/h8-9H,3-7,10,17H2,1-2H3. The van der Waals surface area contributed by atoms with E-state index in [1.165, 1.54) is 19.3 Å². The van der Waals surface area contributed by atoms with Gasteiger partial charge < -0.3 is 15.2 Å². The van der Waals surface area contributed by atoms with Crippen molar-refractivity contribution in [3.63, 3.8) is 0 Å². The fourth-order valence-electron chi connectivity index (χ4n) is 3.07. The number of methoxy groups -OCH3 is 2. The number of hydrogen-bond acceptors (Lipinski definition) is 3. The Morgan fingerprint density at radius 1 is 1.11 bits per heavy atom. The summed E-state index contributed by atoms with van der Waals surface area (Å²) in [7, 11) is 3.26. The molecule has 0 amide bonds. The lowest BCUT2D eigenvalue weighted by Gasteiger charge is -2.37. The minimum atomic E-state index is -0.00507. The second-order valence-corrected chi connectivity index (χ2v) is 5.64. The summed E-state index contributed by atoms with van der Waals surface area (Å²) in [6.45, 7) is 0.627. The molecule has 1 aromatic carbocycles. The monoisotopic (exact) mass is 283 g/mol. The molecule has 0 unspecified atom stereocenters. The highest BCUT2D eigenvalue weighted by Gasteiger charge is 2.35. The summed E-state index contributed by atoms with van der Waals surface area (Å²) in [5.41, 5.74) is 7.17. The summed E-state index contributed by atoms with van der Waals surface area (Å²) in [5.74, 6) is 1.39. The van der Waals surface area contributed by atoms with Crippen molar-refractivity contribution in [2.45, 2.75) is 37.5 Å². The van der Waals surface area contributed by atoms with Crippen LogP contribution in [-0.4, -0.2) is 20.8 Å². The molecule has 0 bridgehead atoms. The number of nitrogens with two attached hydrogens (primary N) is 1. The Hall–Kier alpha value is -0.930. The molecule has 106 valence electrons. The van der Waals surface area contributed by atoms with Crippen LogP contribution in [0.4, 0.5) is 0 Å². The highest BCUT2D eigenvalue weighted by molar-refractivity contribution is 6.31. The van der Waals surface area contributed by atoms with Crippen LogP contribution in [0.25, 0.3) is 0 Å². The van der Waals surface area contributed by atoms with E-state index >= 15 is 0 Å². The molecule has 0 saturated heterocycles. The van der Waals surface area contributed by atoms with E-state index in [4.69, 9.17) is 26.8 Å². The van der Waals surface area contributed by atoms with Crippen LogP contribution < -0.4 is 15.2 Å². The first kappa shape index (κ1) is 14.5. The number of ether oxygens (including phenoxy) is 2. The molecule has 1 fully saturated rings. The minimum Gasteiger partial charge on any atom is -0.493 e. The third-order valence-corrected chi connectivity index (χ3v) is 4.56. The van der Waals surface area contributed by atoms with Gasteiger partial charge in [0.15, 0.2) is 11.5 Å². The molecule has 2 rings (SSSR count). The molecular weight excluding hydrogens is 262 g/mol. The Labute approximate surface area is 120 Å². The van der Waals surface area contributed by atoms with Gasteiger partial charge in [0.05, 0.1) is 14.2 Å². The lowest BCUT2D eigenvalue weighted by molar-refractivity contribution is 0.298. The number of hydrogen-bond donors (Lipinski definition) is 1. The lowest BCUT2D eigenvalue weighted by Crippen LogP contribution is -2.37. The van der Waals surface area contributed by atoms with Gasteiger partial charge in [-0.2, -0.15) is 0 Å². The Bertz CT molecular complexity index is 442. The Kier molecular flexibility index (Phi) is 4.58. The first-order valence-electron chi connectivity index (χ1n) is 6.79. The Morgan fingerprint density at radius 2 is 1.68 bits per heavy atom. The van der Waals surface area contributed by atoms with Gasteiger partial charge in [-0.15, -0.1) is 0 Å². The average Bonchev–Trinajstić information content (AvgIpc) is 2.47. The number of rotatable bonds is 4. The highest BCUT2D eigenvalue weighted by atomic mass is 35.5. The predicted molar refractivity (Wildman–Crippen MR) is 78.4 cm³/mol. The Balaban J connectivity index is 2.47. The zero-order valence-electron chi connectivity index (χ0n) is 11.7. The predicted octanol–water partition coefficient (Wildman–Crippen LogP) is 3.52. The summed E-state index contributed by atoms with van der Waals surface area (Å²) < 4.78 is 10.7. The van der Waals surface area contributed by atoms with E-state index in [0.29, 0.717) is 12.3 Å². The third kappa shape index (κ3) is 2.67. The first-order valence-corrected chi connectivity index (χ1v) is 7.17. The van der Waals surface area contributed by atoms with Gasteiger partial charge >= 0.3 is 0 Å². The van der Waals surface area contributed by atoms with E-state index in [9.17, 15) is 0 Å². The van der Waals surface area contributed by atoms with Gasteiger partial charge in [-0.25, -0.2) is 0 Å². The van der Waals surface area contributed by atoms with Gasteiger partial charge in [0.2, 0.25) is 0 Å². The summed E-state index contributed by atoms with van der Waals surface area (Å²) in [6, 6.07) is 3.83. The first-order chi connectivity index (χ1) is 9.16. The van der Waals surface area contributed by atoms with Crippen molar-refractivity contribution in [1.82, 2.24) is 0 Å². The minimum absolute atomic E-state index is 0.00507. The molecule has 1 saturated carbocycles. The van der Waals surface area contributed by atoms with Crippen LogP contribution in [0.15, 0.2) is 12.1 Å². The van der Waals surface area contributed by atoms with E-state index in [1.54, 1.807) is 14.2 Å². The summed E-state index contributed by atoms with van der Waals surface area (Å²) in [5, 5.41) is 0.727. The molecular formula is C15H22ClNO2. The Morgan fingerprint density at radius 3 is 2.21 bits per heavy atom. The molecule has 0 spiro atoms. The molecule has 0 heterocycles. The highest BCUT2D eigenvalue weighted by Crippen LogP contribution is 2.45. The summed E-state index contributed by atoms with van der Waals surface area (Å²) in [4.78, 5) is 0. The zero-order chi connectivity index (χ0) is 13.9. The maximum atomic E-state index is 6.45. The van der Waals surface area contributed by atoms with Gasteiger partial charge in [-0.1, -0.05) is 30.9 Å². The molecule has 1 aliphatic rings. The van der Waals surface area contributed by atoms with Gasteiger partial charge in [0.25, 0.3) is 0 Å². The van der Waals surface area contributed by atoms with Crippen molar-refractivity contribution in [1.29, 1.82) is 0 Å². The van der Waals surface area contributed by atoms with Crippen LogP contribution in [-0.2, 0) is 5.41 Å². The van der Waals surface area contributed by atoms with Gasteiger partial charge in [0.1, 0.15) is 0 Å². The quantitative estimate of drug-likeness (QED) is 0.919. The van der Waals surface area contributed by atoms with Crippen molar-refractivity contribution in [3.8, 4) is 11.5 Å². The van der Waals surface area contributed by atoms with Crippen LogP contribution >= 0.6 is 11.6 Å². The largest absolute Gasteiger partial charge is 0.493 e. The van der Waals surface area contributed by atoms with Crippen molar-refractivity contribution in [3.05, 3.63) is 22.7 Å². The second-order valence-electron chi connectivity index (χ2n) is 5.23. The van der Waals surface area contributed by atoms with E-state index in [1.807, 2.05) is 12.1 Å². The van der Waals surface area contributed by atoms with Crippen molar-refractivity contribution < 1.29 is 9.47 Å². The maximum Gasteiger partial charge on any atom is 0.162 e. The fraction of sp³-hybridized carbons (Fsp3) is 0.600. The molecule has 0 atom stereocenters. The van der Waals surface area contributed by atoms with E-state index in [2.05, 4.69) is 0 Å². The zero-order valence-corrected chi connectivity index (χ0v) is 12.4. The average molecular weight is 284 g/mol. The van der Waals surface area contributed by atoms with Crippen LogP contribution in [0.3, 0.4) is 0 Å². The van der Waals surface area contributed by atoms with E-state index in [0.717, 1.165) is 29.2 Å². The van der Waals surface area contributed by atoms with Crippen molar-refractivity contribution in [2.75, 3.05) is 20.8 Å². The smallest absolute Gasteiger partial charge is 0.162 e. The lowest BCUT2D eigenvalue weighted by atomic mass is 9.69. The number of halogens is 1. The molecule has 19 heavy (non-hydrogen) atoms. The van der Waals surface area contributed by atoms with Crippen molar-refractivity contribution >= 4 is 11.6 Å². The summed E-state index contributed by atoms with van der Waals surface area (Å²) >= 11 is 6.45. The molecule has 1 aromatic rings. The van der Waals surface area contributed by atoms with Gasteiger partial charge in [0, 0.05) is 23.0 Å². The van der Waals surface area contributed by atoms with Crippen LogP contribution in [0, 0.1) is 0 Å². The van der Waals surface area contributed by atoms with Crippen LogP contribution in [0.1, 0.15) is 37.7 Å². The topological polar surface area (TPSA) is 44.5 Å². The third-order valence-electron chi connectivity index (χ3n) is 4.25. The number of benzene rings is 1.